The summed E-state index contributed by atoms with van der Waals surface area (Å²) in [5.74, 6) is 1.90. The van der Waals surface area contributed by atoms with Crippen LogP contribution in [0.1, 0.15) is 29.5 Å². The Balaban J connectivity index is 1.54. The van der Waals surface area contributed by atoms with Crippen molar-refractivity contribution in [2.24, 2.45) is 0 Å². The highest BCUT2D eigenvalue weighted by atomic mass is 16.5. The number of carbonyl (C=O) groups is 1. The van der Waals surface area contributed by atoms with E-state index in [4.69, 9.17) is 14.0 Å². The predicted molar refractivity (Wildman–Crippen MR) is 129 cm³/mol. The normalized spacial score (nSPS) is 11.6. The molecular weight excluding hydrogens is 430 g/mol. The van der Waals surface area contributed by atoms with Crippen LogP contribution >= 0.6 is 0 Å². The Labute approximate surface area is 198 Å². The van der Waals surface area contributed by atoms with Crippen LogP contribution in [0.25, 0.3) is 11.4 Å². The third-order valence-corrected chi connectivity index (χ3v) is 5.45. The number of aryl methyl sites for hydroxylation is 1. The van der Waals surface area contributed by atoms with Gasteiger partial charge in [0.25, 0.3) is 0 Å². The first-order valence-electron chi connectivity index (χ1n) is 11.1. The van der Waals surface area contributed by atoms with Crippen LogP contribution < -0.4 is 14.8 Å². The fourth-order valence-corrected chi connectivity index (χ4v) is 3.65. The molecule has 1 heterocycles. The van der Waals surface area contributed by atoms with E-state index in [1.54, 1.807) is 20.3 Å². The standard InChI is InChI=1S/C27H27N3O4/c1-32-22-16-21(17-23(18-22)33-2)26-29-27(34-30-26)24(15-20-11-7-4-8-12-20)28-25(31)14-13-19-9-5-3-6-10-19/h3-12,16-18,24H,13-15H2,1-2H3,(H,28,31)/t24-/m1/s1. The topological polar surface area (TPSA) is 86.5 Å². The zero-order chi connectivity index (χ0) is 23.8. The summed E-state index contributed by atoms with van der Waals surface area (Å²) < 4.78 is 16.3. The summed E-state index contributed by atoms with van der Waals surface area (Å²) in [5.41, 5.74) is 2.86. The van der Waals surface area contributed by atoms with Crippen LogP contribution in [0.3, 0.4) is 0 Å². The molecule has 7 heteroatoms. The molecule has 0 aliphatic rings. The number of nitrogens with one attached hydrogen (secondary N) is 1. The van der Waals surface area contributed by atoms with Gasteiger partial charge < -0.3 is 19.3 Å². The second-order valence-electron chi connectivity index (χ2n) is 7.85. The maximum atomic E-state index is 12.8. The number of benzene rings is 3. The molecule has 1 N–H and O–H groups in total. The van der Waals surface area contributed by atoms with Crippen LogP contribution in [-0.4, -0.2) is 30.3 Å². The van der Waals surface area contributed by atoms with Gasteiger partial charge in [0.2, 0.25) is 17.6 Å². The highest BCUT2D eigenvalue weighted by molar-refractivity contribution is 5.76. The molecular formula is C27H27N3O4. The van der Waals surface area contributed by atoms with Gasteiger partial charge in [-0.2, -0.15) is 4.98 Å². The number of nitrogens with zero attached hydrogens (tertiary/aromatic N) is 2. The lowest BCUT2D eigenvalue weighted by Gasteiger charge is -2.15. The summed E-state index contributed by atoms with van der Waals surface area (Å²) in [4.78, 5) is 17.4. The molecule has 4 rings (SSSR count). The largest absolute Gasteiger partial charge is 0.497 e. The molecule has 0 radical (unpaired) electrons. The maximum absolute atomic E-state index is 12.8. The first-order valence-corrected chi connectivity index (χ1v) is 11.1. The van der Waals surface area contributed by atoms with Gasteiger partial charge in [-0.05, 0) is 29.7 Å². The van der Waals surface area contributed by atoms with Crippen molar-refractivity contribution < 1.29 is 18.8 Å². The Morgan fingerprint density at radius 3 is 2.15 bits per heavy atom. The van der Waals surface area contributed by atoms with E-state index in [2.05, 4.69) is 15.5 Å². The predicted octanol–water partition coefficient (Wildman–Crippen LogP) is 4.79. The van der Waals surface area contributed by atoms with E-state index in [-0.39, 0.29) is 5.91 Å². The summed E-state index contributed by atoms with van der Waals surface area (Å²) in [6, 6.07) is 24.8. The molecule has 4 aromatic rings. The summed E-state index contributed by atoms with van der Waals surface area (Å²) in [6.07, 6.45) is 1.55. The number of hydrogen-bond acceptors (Lipinski definition) is 6. The van der Waals surface area contributed by atoms with Crippen LogP contribution in [-0.2, 0) is 17.6 Å². The van der Waals surface area contributed by atoms with E-state index < -0.39 is 6.04 Å². The van der Waals surface area contributed by atoms with Gasteiger partial charge in [-0.1, -0.05) is 65.8 Å². The lowest BCUT2D eigenvalue weighted by Crippen LogP contribution is -2.30. The molecule has 174 valence electrons. The lowest BCUT2D eigenvalue weighted by atomic mass is 10.0. The highest BCUT2D eigenvalue weighted by Crippen LogP contribution is 2.29. The molecule has 1 amide bonds. The number of rotatable bonds is 10. The Bertz CT molecular complexity index is 1190. The number of amides is 1. The first-order chi connectivity index (χ1) is 16.6. The van der Waals surface area contributed by atoms with E-state index in [0.29, 0.717) is 48.0 Å². The summed E-state index contributed by atoms with van der Waals surface area (Å²) >= 11 is 0. The minimum absolute atomic E-state index is 0.0763. The molecule has 0 aliphatic carbocycles. The number of aromatic nitrogens is 2. The van der Waals surface area contributed by atoms with Gasteiger partial charge in [0, 0.05) is 24.5 Å². The van der Waals surface area contributed by atoms with Crippen molar-refractivity contribution >= 4 is 5.91 Å². The fraction of sp³-hybridized carbons (Fsp3) is 0.222. The molecule has 0 aliphatic heterocycles. The Hall–Kier alpha value is -4.13. The van der Waals surface area contributed by atoms with E-state index in [1.807, 2.05) is 72.8 Å². The maximum Gasteiger partial charge on any atom is 0.249 e. The Morgan fingerprint density at radius 1 is 0.912 bits per heavy atom. The molecule has 1 atom stereocenters. The van der Waals surface area contributed by atoms with Crippen molar-refractivity contribution in [2.45, 2.75) is 25.3 Å². The fourth-order valence-electron chi connectivity index (χ4n) is 3.65. The minimum atomic E-state index is -0.459. The second-order valence-corrected chi connectivity index (χ2v) is 7.85. The van der Waals surface area contributed by atoms with Crippen molar-refractivity contribution in [2.75, 3.05) is 14.2 Å². The number of methoxy groups -OCH3 is 2. The van der Waals surface area contributed by atoms with Crippen LogP contribution in [0.5, 0.6) is 11.5 Å². The molecule has 7 nitrogen and oxygen atoms in total. The SMILES string of the molecule is COc1cc(OC)cc(-c2noc([C@@H](Cc3ccccc3)NC(=O)CCc3ccccc3)n2)c1. The number of ether oxygens (including phenoxy) is 2. The first kappa shape index (κ1) is 23.0. The van der Waals surface area contributed by atoms with Crippen LogP contribution in [0.15, 0.2) is 83.4 Å². The lowest BCUT2D eigenvalue weighted by molar-refractivity contribution is -0.122. The van der Waals surface area contributed by atoms with Gasteiger partial charge in [-0.15, -0.1) is 0 Å². The van der Waals surface area contributed by atoms with Crippen molar-refractivity contribution in [1.82, 2.24) is 15.5 Å². The molecule has 34 heavy (non-hydrogen) atoms. The van der Waals surface area contributed by atoms with E-state index in [1.165, 1.54) is 0 Å². The van der Waals surface area contributed by atoms with Gasteiger partial charge in [-0.3, -0.25) is 4.79 Å². The average Bonchev–Trinajstić information content (AvgIpc) is 3.38. The Morgan fingerprint density at radius 2 is 1.53 bits per heavy atom. The van der Waals surface area contributed by atoms with Gasteiger partial charge >= 0.3 is 0 Å². The van der Waals surface area contributed by atoms with Crippen LogP contribution in [0, 0.1) is 0 Å². The molecule has 1 aromatic heterocycles. The van der Waals surface area contributed by atoms with E-state index in [9.17, 15) is 4.79 Å². The highest BCUT2D eigenvalue weighted by Gasteiger charge is 2.23. The smallest absolute Gasteiger partial charge is 0.249 e. The summed E-state index contributed by atoms with van der Waals surface area (Å²) in [5, 5.41) is 7.23. The van der Waals surface area contributed by atoms with Gasteiger partial charge in [-0.25, -0.2) is 0 Å². The second kappa shape index (κ2) is 11.1. The summed E-state index contributed by atoms with van der Waals surface area (Å²) in [6.45, 7) is 0. The zero-order valence-corrected chi connectivity index (χ0v) is 19.2. The van der Waals surface area contributed by atoms with Crippen molar-refractivity contribution in [3.05, 3.63) is 95.9 Å². The van der Waals surface area contributed by atoms with Crippen LogP contribution in [0.2, 0.25) is 0 Å². The van der Waals surface area contributed by atoms with Gasteiger partial charge in [0.15, 0.2) is 0 Å². The molecule has 0 fully saturated rings. The monoisotopic (exact) mass is 457 g/mol. The molecule has 0 saturated heterocycles. The quantitative estimate of drug-likeness (QED) is 0.369. The van der Waals surface area contributed by atoms with Crippen molar-refractivity contribution in [1.29, 1.82) is 0 Å². The minimum Gasteiger partial charge on any atom is -0.497 e. The molecule has 0 saturated carbocycles. The van der Waals surface area contributed by atoms with Gasteiger partial charge in [0.05, 0.1) is 14.2 Å². The molecule has 3 aromatic carbocycles. The molecule has 0 spiro atoms. The van der Waals surface area contributed by atoms with Gasteiger partial charge in [0.1, 0.15) is 17.5 Å². The third kappa shape index (κ3) is 6.01. The van der Waals surface area contributed by atoms with Crippen LogP contribution in [0.4, 0.5) is 0 Å². The summed E-state index contributed by atoms with van der Waals surface area (Å²) in [7, 11) is 3.17. The third-order valence-electron chi connectivity index (χ3n) is 5.45. The zero-order valence-electron chi connectivity index (χ0n) is 19.2. The van der Waals surface area contributed by atoms with E-state index >= 15 is 0 Å². The average molecular weight is 458 g/mol. The van der Waals surface area contributed by atoms with E-state index in [0.717, 1.165) is 11.1 Å². The molecule has 0 unspecified atom stereocenters. The Kier molecular flexibility index (Phi) is 7.55. The number of hydrogen-bond donors (Lipinski definition) is 1. The van der Waals surface area contributed by atoms with Crippen molar-refractivity contribution in [3.8, 4) is 22.9 Å². The molecule has 0 bridgehead atoms. The van der Waals surface area contributed by atoms with Crippen molar-refractivity contribution in [3.63, 3.8) is 0 Å². The number of carbonyl (C=O) groups excluding carboxylic acids is 1.